The van der Waals surface area contributed by atoms with Gasteiger partial charge in [0.2, 0.25) is 5.76 Å². The van der Waals surface area contributed by atoms with Gasteiger partial charge in [-0.3, -0.25) is 4.79 Å². The van der Waals surface area contributed by atoms with E-state index in [4.69, 9.17) is 9.15 Å². The standard InChI is InChI=1S/C17H16FNO4/c1-3-10-19-16(20)11(2)22-17(21)15-9-8-14(23-15)12-4-6-13(18)7-5-12/h3-9,11H,1,10H2,2H3,(H,19,20)/t11-/m0/s1. The maximum Gasteiger partial charge on any atom is 0.375 e. The SMILES string of the molecule is C=CCNC(=O)[C@H](C)OC(=O)c1ccc(-c2ccc(F)cc2)o1. The number of ether oxygens (including phenoxy) is 1. The summed E-state index contributed by atoms with van der Waals surface area (Å²) in [5.41, 5.74) is 0.627. The molecule has 0 aliphatic carbocycles. The van der Waals surface area contributed by atoms with Gasteiger partial charge >= 0.3 is 5.97 Å². The molecule has 0 saturated carbocycles. The van der Waals surface area contributed by atoms with E-state index in [9.17, 15) is 14.0 Å². The highest BCUT2D eigenvalue weighted by Crippen LogP contribution is 2.23. The number of hydrogen-bond donors (Lipinski definition) is 1. The molecule has 0 bridgehead atoms. The van der Waals surface area contributed by atoms with Crippen LogP contribution in [0.5, 0.6) is 0 Å². The molecule has 1 atom stereocenters. The first kappa shape index (κ1) is 16.5. The van der Waals surface area contributed by atoms with Crippen LogP contribution >= 0.6 is 0 Å². The number of hydrogen-bond acceptors (Lipinski definition) is 4. The fraction of sp³-hybridized carbons (Fsp3) is 0.176. The minimum atomic E-state index is -0.957. The van der Waals surface area contributed by atoms with Crippen LogP contribution in [0.15, 0.2) is 53.5 Å². The van der Waals surface area contributed by atoms with Gasteiger partial charge in [0.25, 0.3) is 5.91 Å². The van der Waals surface area contributed by atoms with Crippen molar-refractivity contribution in [2.75, 3.05) is 6.54 Å². The first-order valence-electron chi connectivity index (χ1n) is 6.96. The maximum absolute atomic E-state index is 12.9. The normalized spacial score (nSPS) is 11.6. The number of halogens is 1. The van der Waals surface area contributed by atoms with Gasteiger partial charge in [0.1, 0.15) is 11.6 Å². The van der Waals surface area contributed by atoms with E-state index in [2.05, 4.69) is 11.9 Å². The summed E-state index contributed by atoms with van der Waals surface area (Å²) < 4.78 is 23.3. The van der Waals surface area contributed by atoms with Gasteiger partial charge in [-0.2, -0.15) is 0 Å². The average molecular weight is 317 g/mol. The summed E-state index contributed by atoms with van der Waals surface area (Å²) in [4.78, 5) is 23.6. The third-order valence-corrected chi connectivity index (χ3v) is 3.01. The summed E-state index contributed by atoms with van der Waals surface area (Å²) in [6.45, 7) is 5.22. The zero-order chi connectivity index (χ0) is 16.8. The van der Waals surface area contributed by atoms with Crippen molar-refractivity contribution in [1.82, 2.24) is 5.32 Å². The fourth-order valence-corrected chi connectivity index (χ4v) is 1.81. The van der Waals surface area contributed by atoms with Crippen molar-refractivity contribution < 1.29 is 23.1 Å². The highest BCUT2D eigenvalue weighted by Gasteiger charge is 2.21. The van der Waals surface area contributed by atoms with E-state index in [1.807, 2.05) is 0 Å². The molecule has 0 aliphatic heterocycles. The molecule has 1 aromatic carbocycles. The van der Waals surface area contributed by atoms with E-state index in [0.29, 0.717) is 11.3 Å². The predicted octanol–water partition coefficient (Wildman–Crippen LogP) is 2.93. The largest absolute Gasteiger partial charge is 0.449 e. The van der Waals surface area contributed by atoms with E-state index in [1.165, 1.54) is 43.3 Å². The molecular formula is C17H16FNO4. The molecule has 5 nitrogen and oxygen atoms in total. The molecule has 2 aromatic rings. The van der Waals surface area contributed by atoms with Crippen LogP contribution < -0.4 is 5.32 Å². The minimum Gasteiger partial charge on any atom is -0.449 e. The molecule has 1 amide bonds. The van der Waals surface area contributed by atoms with Gasteiger partial charge in [0.05, 0.1) is 0 Å². The summed E-state index contributed by atoms with van der Waals surface area (Å²) in [6, 6.07) is 8.68. The molecular weight excluding hydrogens is 301 g/mol. The second-order valence-electron chi connectivity index (χ2n) is 4.75. The molecule has 120 valence electrons. The Bertz CT molecular complexity index is 706. The van der Waals surface area contributed by atoms with Gasteiger partial charge in [-0.1, -0.05) is 6.08 Å². The Balaban J connectivity index is 2.02. The van der Waals surface area contributed by atoms with Crippen molar-refractivity contribution in [3.05, 3.63) is 60.6 Å². The molecule has 1 heterocycles. The fourth-order valence-electron chi connectivity index (χ4n) is 1.81. The first-order chi connectivity index (χ1) is 11.0. The van der Waals surface area contributed by atoms with Crippen LogP contribution in [-0.4, -0.2) is 24.5 Å². The minimum absolute atomic E-state index is 0.0345. The predicted molar refractivity (Wildman–Crippen MR) is 82.2 cm³/mol. The number of furan rings is 1. The molecule has 0 fully saturated rings. The number of amides is 1. The lowest BCUT2D eigenvalue weighted by Gasteiger charge is -2.11. The highest BCUT2D eigenvalue weighted by molar-refractivity contribution is 5.90. The van der Waals surface area contributed by atoms with Crippen LogP contribution in [0, 0.1) is 5.82 Å². The first-order valence-corrected chi connectivity index (χ1v) is 6.96. The van der Waals surface area contributed by atoms with Crippen LogP contribution in [0.3, 0.4) is 0 Å². The molecule has 1 aromatic heterocycles. The Morgan fingerprint density at radius 1 is 1.30 bits per heavy atom. The molecule has 1 N–H and O–H groups in total. The Hall–Kier alpha value is -2.89. The lowest BCUT2D eigenvalue weighted by atomic mass is 10.2. The van der Waals surface area contributed by atoms with Crippen molar-refractivity contribution in [3.8, 4) is 11.3 Å². The molecule has 0 saturated heterocycles. The van der Waals surface area contributed by atoms with Crippen LogP contribution in [0.1, 0.15) is 17.5 Å². The summed E-state index contributed by atoms with van der Waals surface area (Å²) in [5.74, 6) is -1.17. The number of carbonyl (C=O) groups is 2. The summed E-state index contributed by atoms with van der Waals surface area (Å²) in [7, 11) is 0. The van der Waals surface area contributed by atoms with Crippen molar-refractivity contribution in [1.29, 1.82) is 0 Å². The van der Waals surface area contributed by atoms with Crippen molar-refractivity contribution in [2.45, 2.75) is 13.0 Å². The van der Waals surface area contributed by atoms with E-state index in [-0.39, 0.29) is 18.1 Å². The van der Waals surface area contributed by atoms with Crippen LogP contribution in [0.2, 0.25) is 0 Å². The van der Waals surface area contributed by atoms with Gasteiger partial charge < -0.3 is 14.5 Å². The van der Waals surface area contributed by atoms with Gasteiger partial charge in [-0.15, -0.1) is 6.58 Å². The van der Waals surface area contributed by atoms with E-state index < -0.39 is 18.0 Å². The summed E-state index contributed by atoms with van der Waals surface area (Å²) in [6.07, 6.45) is 0.565. The van der Waals surface area contributed by atoms with Crippen molar-refractivity contribution in [3.63, 3.8) is 0 Å². The zero-order valence-corrected chi connectivity index (χ0v) is 12.5. The van der Waals surface area contributed by atoms with Gasteiger partial charge in [-0.25, -0.2) is 9.18 Å². The van der Waals surface area contributed by atoms with E-state index >= 15 is 0 Å². The number of rotatable bonds is 6. The van der Waals surface area contributed by atoms with Crippen molar-refractivity contribution >= 4 is 11.9 Å². The topological polar surface area (TPSA) is 68.5 Å². The molecule has 23 heavy (non-hydrogen) atoms. The third-order valence-electron chi connectivity index (χ3n) is 3.01. The van der Waals surface area contributed by atoms with Crippen molar-refractivity contribution in [2.24, 2.45) is 0 Å². The number of benzene rings is 1. The Labute approximate surface area is 132 Å². The molecule has 2 rings (SSSR count). The maximum atomic E-state index is 12.9. The number of nitrogens with one attached hydrogen (secondary N) is 1. The monoisotopic (exact) mass is 317 g/mol. The zero-order valence-electron chi connectivity index (χ0n) is 12.5. The quantitative estimate of drug-likeness (QED) is 0.657. The summed E-state index contributed by atoms with van der Waals surface area (Å²) in [5, 5.41) is 2.52. The average Bonchev–Trinajstić information content (AvgIpc) is 3.03. The Kier molecular flexibility index (Phi) is 5.30. The highest BCUT2D eigenvalue weighted by atomic mass is 19.1. The lowest BCUT2D eigenvalue weighted by Crippen LogP contribution is -2.35. The molecule has 0 spiro atoms. The van der Waals surface area contributed by atoms with Crippen LogP contribution in [-0.2, 0) is 9.53 Å². The molecule has 6 heteroatoms. The lowest BCUT2D eigenvalue weighted by molar-refractivity contribution is -0.128. The number of esters is 1. The van der Waals surface area contributed by atoms with Crippen LogP contribution in [0.25, 0.3) is 11.3 Å². The summed E-state index contributed by atoms with van der Waals surface area (Å²) >= 11 is 0. The van der Waals surface area contributed by atoms with E-state index in [1.54, 1.807) is 6.07 Å². The second-order valence-corrected chi connectivity index (χ2v) is 4.75. The number of carbonyl (C=O) groups excluding carboxylic acids is 2. The van der Waals surface area contributed by atoms with Gasteiger partial charge in [-0.05, 0) is 43.3 Å². The Morgan fingerprint density at radius 3 is 2.65 bits per heavy atom. The second kappa shape index (κ2) is 7.40. The Morgan fingerprint density at radius 2 is 2.00 bits per heavy atom. The smallest absolute Gasteiger partial charge is 0.375 e. The van der Waals surface area contributed by atoms with Gasteiger partial charge in [0.15, 0.2) is 6.10 Å². The van der Waals surface area contributed by atoms with Gasteiger partial charge in [0, 0.05) is 12.1 Å². The third kappa shape index (κ3) is 4.29. The molecule has 0 unspecified atom stereocenters. The van der Waals surface area contributed by atoms with E-state index in [0.717, 1.165) is 0 Å². The molecule has 0 radical (unpaired) electrons. The molecule has 0 aliphatic rings. The van der Waals surface area contributed by atoms with Crippen LogP contribution in [0.4, 0.5) is 4.39 Å².